The van der Waals surface area contributed by atoms with Crippen molar-refractivity contribution in [2.24, 2.45) is 5.10 Å². The predicted molar refractivity (Wildman–Crippen MR) is 134 cm³/mol. The molecule has 180 valence electrons. The zero-order valence-electron chi connectivity index (χ0n) is 19.5. The minimum atomic E-state index is -0.556. The summed E-state index contributed by atoms with van der Waals surface area (Å²) in [6, 6.07) is 21.0. The number of hydrazone groups is 1. The maximum Gasteiger partial charge on any atom is 0.294 e. The Morgan fingerprint density at radius 1 is 1.08 bits per heavy atom. The Morgan fingerprint density at radius 2 is 1.86 bits per heavy atom. The number of nitrogens with two attached hydrogens (primary N) is 1. The molecule has 0 bridgehead atoms. The van der Waals surface area contributed by atoms with Crippen LogP contribution in [0.15, 0.2) is 76.5 Å². The first-order chi connectivity index (χ1) is 17.6. The second kappa shape index (κ2) is 9.66. The highest BCUT2D eigenvalue weighted by molar-refractivity contribution is 6.10. The van der Waals surface area contributed by atoms with E-state index in [0.717, 1.165) is 16.3 Å². The van der Waals surface area contributed by atoms with Crippen LogP contribution in [0.5, 0.6) is 5.75 Å². The lowest BCUT2D eigenvalue weighted by atomic mass is 10.0. The van der Waals surface area contributed by atoms with Gasteiger partial charge in [-0.1, -0.05) is 47.7 Å². The predicted octanol–water partition coefficient (Wildman–Crippen LogP) is 3.61. The molecule has 0 aliphatic carbocycles. The number of nitrogens with one attached hydrogen (secondary N) is 1. The third-order valence-corrected chi connectivity index (χ3v) is 5.52. The molecule has 0 saturated heterocycles. The van der Waals surface area contributed by atoms with E-state index < -0.39 is 5.91 Å². The molecule has 3 N–H and O–H groups in total. The van der Waals surface area contributed by atoms with Crippen molar-refractivity contribution in [2.75, 3.05) is 12.3 Å². The van der Waals surface area contributed by atoms with Crippen molar-refractivity contribution in [3.8, 4) is 22.8 Å². The van der Waals surface area contributed by atoms with Gasteiger partial charge in [0.25, 0.3) is 5.91 Å². The number of aromatic nitrogens is 5. The van der Waals surface area contributed by atoms with Crippen LogP contribution >= 0.6 is 0 Å². The summed E-state index contributed by atoms with van der Waals surface area (Å²) in [5.41, 5.74) is 11.0. The fourth-order valence-corrected chi connectivity index (χ4v) is 3.84. The number of amides is 1. The zero-order valence-corrected chi connectivity index (χ0v) is 19.5. The van der Waals surface area contributed by atoms with E-state index in [1.165, 1.54) is 4.68 Å². The number of fused-ring (bicyclic) bond motifs is 1. The number of ether oxygens (including phenoxy) is 1. The van der Waals surface area contributed by atoms with Gasteiger partial charge in [-0.05, 0) is 59.2 Å². The van der Waals surface area contributed by atoms with Crippen molar-refractivity contribution < 1.29 is 14.2 Å². The van der Waals surface area contributed by atoms with E-state index in [-0.39, 0.29) is 17.3 Å². The van der Waals surface area contributed by atoms with Crippen LogP contribution in [0.4, 0.5) is 5.82 Å². The molecule has 11 heteroatoms. The molecular weight excluding hydrogens is 460 g/mol. The summed E-state index contributed by atoms with van der Waals surface area (Å²) in [5, 5.41) is 22.0. The van der Waals surface area contributed by atoms with Crippen LogP contribution in [0.3, 0.4) is 0 Å². The van der Waals surface area contributed by atoms with Gasteiger partial charge in [-0.3, -0.25) is 4.79 Å². The van der Waals surface area contributed by atoms with Crippen LogP contribution in [0.1, 0.15) is 29.9 Å². The number of hydrogen-bond acceptors (Lipinski definition) is 9. The van der Waals surface area contributed by atoms with Gasteiger partial charge >= 0.3 is 0 Å². The van der Waals surface area contributed by atoms with E-state index in [1.54, 1.807) is 24.3 Å². The van der Waals surface area contributed by atoms with Crippen LogP contribution in [-0.2, 0) is 0 Å². The number of carbonyl (C=O) groups excluding carboxylic acids is 1. The van der Waals surface area contributed by atoms with Crippen molar-refractivity contribution in [1.29, 1.82) is 0 Å². The van der Waals surface area contributed by atoms with Crippen LogP contribution in [0.25, 0.3) is 27.8 Å². The van der Waals surface area contributed by atoms with E-state index in [9.17, 15) is 4.79 Å². The minimum Gasteiger partial charge on any atom is -0.494 e. The van der Waals surface area contributed by atoms with E-state index in [2.05, 4.69) is 31.2 Å². The number of benzene rings is 3. The third kappa shape index (κ3) is 4.25. The number of hydrogen-bond donors (Lipinski definition) is 2. The van der Waals surface area contributed by atoms with E-state index in [0.29, 0.717) is 29.3 Å². The molecule has 3 aromatic carbocycles. The number of nitrogens with zero attached hydrogens (tertiary/aromatic N) is 6. The monoisotopic (exact) mass is 482 g/mol. The first kappa shape index (κ1) is 22.7. The molecule has 11 nitrogen and oxygen atoms in total. The second-order valence-electron chi connectivity index (χ2n) is 7.79. The van der Waals surface area contributed by atoms with Crippen LogP contribution in [0.2, 0.25) is 0 Å². The summed E-state index contributed by atoms with van der Waals surface area (Å²) in [6.45, 7) is 4.26. The standard InChI is InChI=1S/C25H22N8O3/c1-3-35-18-13-11-17(12-14-18)22-21(28-32-33(22)24-23(26)30-36-31-24)25(34)29-27-15(2)19-10-6-8-16-7-4-5-9-20(16)19/h4-14H,3H2,1-2H3,(H2,26,30)(H,29,34)/b27-15-. The van der Waals surface area contributed by atoms with Gasteiger partial charge in [-0.2, -0.15) is 9.78 Å². The van der Waals surface area contributed by atoms with Gasteiger partial charge in [0, 0.05) is 11.1 Å². The Labute approximate surface area is 205 Å². The van der Waals surface area contributed by atoms with Gasteiger partial charge in [-0.15, -0.1) is 5.10 Å². The van der Waals surface area contributed by atoms with Crippen molar-refractivity contribution in [2.45, 2.75) is 13.8 Å². The maximum absolute atomic E-state index is 13.2. The number of anilines is 1. The molecule has 1 amide bonds. The Bertz CT molecular complexity index is 1560. The molecule has 0 aliphatic rings. The fraction of sp³-hybridized carbons (Fsp3) is 0.120. The van der Waals surface area contributed by atoms with Gasteiger partial charge in [0.15, 0.2) is 5.69 Å². The van der Waals surface area contributed by atoms with Crippen LogP contribution < -0.4 is 15.9 Å². The Balaban J connectivity index is 1.51. The number of nitrogen functional groups attached to an aromatic ring is 1. The molecule has 5 rings (SSSR count). The highest BCUT2D eigenvalue weighted by Gasteiger charge is 2.25. The fourth-order valence-electron chi connectivity index (χ4n) is 3.84. The summed E-state index contributed by atoms with van der Waals surface area (Å²) in [7, 11) is 0. The van der Waals surface area contributed by atoms with Crippen molar-refractivity contribution in [1.82, 2.24) is 30.7 Å². The average Bonchev–Trinajstić information content (AvgIpc) is 3.53. The van der Waals surface area contributed by atoms with Gasteiger partial charge in [0.1, 0.15) is 11.4 Å². The lowest BCUT2D eigenvalue weighted by Crippen LogP contribution is -2.21. The van der Waals surface area contributed by atoms with Gasteiger partial charge in [0.05, 0.1) is 12.3 Å². The van der Waals surface area contributed by atoms with Gasteiger partial charge in [0.2, 0.25) is 11.6 Å². The molecule has 5 aromatic rings. The average molecular weight is 483 g/mol. The molecule has 2 aromatic heterocycles. The molecule has 0 spiro atoms. The molecule has 2 heterocycles. The molecule has 0 radical (unpaired) electrons. The summed E-state index contributed by atoms with van der Waals surface area (Å²) < 4.78 is 11.5. The summed E-state index contributed by atoms with van der Waals surface area (Å²) in [6.07, 6.45) is 0. The number of carbonyl (C=O) groups is 1. The molecule has 0 fully saturated rings. The molecule has 36 heavy (non-hydrogen) atoms. The van der Waals surface area contributed by atoms with Gasteiger partial charge < -0.3 is 10.5 Å². The highest BCUT2D eigenvalue weighted by Crippen LogP contribution is 2.28. The van der Waals surface area contributed by atoms with Crippen LogP contribution in [0, 0.1) is 0 Å². The van der Waals surface area contributed by atoms with Crippen LogP contribution in [-0.4, -0.2) is 43.5 Å². The second-order valence-corrected chi connectivity index (χ2v) is 7.79. The molecule has 0 aliphatic heterocycles. The van der Waals surface area contributed by atoms with Crippen molar-refractivity contribution in [3.05, 3.63) is 78.0 Å². The normalized spacial score (nSPS) is 11.6. The van der Waals surface area contributed by atoms with E-state index >= 15 is 0 Å². The summed E-state index contributed by atoms with van der Waals surface area (Å²) in [5.74, 6) is 0.244. The topological polar surface area (TPSA) is 146 Å². The smallest absolute Gasteiger partial charge is 0.294 e. The quantitative estimate of drug-likeness (QED) is 0.264. The van der Waals surface area contributed by atoms with Crippen molar-refractivity contribution in [3.63, 3.8) is 0 Å². The van der Waals surface area contributed by atoms with E-state index in [1.807, 2.05) is 56.3 Å². The molecule has 0 atom stereocenters. The van der Waals surface area contributed by atoms with Gasteiger partial charge in [-0.25, -0.2) is 10.1 Å². The Morgan fingerprint density at radius 3 is 2.61 bits per heavy atom. The summed E-state index contributed by atoms with van der Waals surface area (Å²) in [4.78, 5) is 13.2. The Hall–Kier alpha value is -5.06. The minimum absolute atomic E-state index is 0.00358. The maximum atomic E-state index is 13.2. The third-order valence-electron chi connectivity index (χ3n) is 5.52. The SMILES string of the molecule is CCOc1ccc(-c2c(C(=O)N/N=C(/C)c3cccc4ccccc34)nnn2-c2nonc2N)cc1. The molecule has 0 unspecified atom stereocenters. The first-order valence-corrected chi connectivity index (χ1v) is 11.2. The largest absolute Gasteiger partial charge is 0.494 e. The zero-order chi connectivity index (χ0) is 25.1. The van der Waals surface area contributed by atoms with Crippen molar-refractivity contribution >= 4 is 28.2 Å². The highest BCUT2D eigenvalue weighted by atomic mass is 16.6. The lowest BCUT2D eigenvalue weighted by molar-refractivity contribution is 0.0950. The summed E-state index contributed by atoms with van der Waals surface area (Å²) >= 11 is 0. The Kier molecular flexibility index (Phi) is 6.10. The molecule has 0 saturated carbocycles. The number of rotatable bonds is 7. The lowest BCUT2D eigenvalue weighted by Gasteiger charge is -2.08. The molecular formula is C25H22N8O3. The van der Waals surface area contributed by atoms with E-state index in [4.69, 9.17) is 15.1 Å². The first-order valence-electron chi connectivity index (χ1n) is 11.2.